The van der Waals surface area contributed by atoms with Crippen molar-refractivity contribution >= 4 is 116 Å². The van der Waals surface area contributed by atoms with Gasteiger partial charge in [0.25, 0.3) is 0 Å². The van der Waals surface area contributed by atoms with Gasteiger partial charge in [0.05, 0.1) is 87.4 Å². The largest absolute Gasteiger partial charge is 0.497 e. The van der Waals surface area contributed by atoms with Gasteiger partial charge < -0.3 is 71.1 Å². The average molecular weight is 1930 g/mol. The standard InChI is InChI=1S/C36H28O4.C30H22I2O4.C30H24O4.C12H16O2.C2H6O.CH4/c1-37-26-14-9-23-12-17-31(39-3)34(29(23)20-26)36-28-16-11-25(22-7-5-4-6-8-22)19-33(28)40-32-18-13-24-10-15-27(38-2)21-30(24)35(32)36;1-33-19-8-4-16-6-10-25(35-3)27(21(16)14-19)29-23-12-18(31)13-24(32)30(23)36-26-11-7-17-5-9-20(34-2)15-22(17)28(26)29;1-31-20-12-8-18-10-14-26(33-3)28(23(18)16-20)30-22-6-4-5-7-25(22)34-27-15-11-19-9-13-21(32-2)17-24(19)29(27)30;1-3-11-4-6-12(7-5-11)10-14-9-8-13-2;1-3-2;/h4-21,36H,1-3H3;4-15,29H,1-3H3;4-17,30H,1-3H3;3-7H,1,8-10H2,2H3;1-2H3;1H4. The molecule has 0 aliphatic carbocycles. The van der Waals surface area contributed by atoms with E-state index in [0.717, 1.165) is 225 Å². The van der Waals surface area contributed by atoms with Gasteiger partial charge in [0.15, 0.2) is 0 Å². The number of hydrogen-bond donors (Lipinski definition) is 0. The summed E-state index contributed by atoms with van der Waals surface area (Å²) in [6.07, 6.45) is 1.83. The van der Waals surface area contributed by atoms with E-state index >= 15 is 0 Å². The van der Waals surface area contributed by atoms with Crippen molar-refractivity contribution in [3.8, 4) is 97.4 Å². The van der Waals surface area contributed by atoms with Crippen molar-refractivity contribution < 1.29 is 71.1 Å². The maximum Gasteiger partial charge on any atom is 0.144 e. The quantitative estimate of drug-likeness (QED) is 0.0560. The molecule has 0 fully saturated rings. The zero-order chi connectivity index (χ0) is 88.4. The summed E-state index contributed by atoms with van der Waals surface area (Å²) in [4.78, 5) is 0. The first-order chi connectivity index (χ1) is 62.2. The van der Waals surface area contributed by atoms with Gasteiger partial charge in [0.2, 0.25) is 0 Å². The second-order valence-electron chi connectivity index (χ2n) is 30.5. The maximum atomic E-state index is 6.70. The Hall–Kier alpha value is -13.0. The molecule has 0 radical (unpaired) electrons. The van der Waals surface area contributed by atoms with E-state index in [0.29, 0.717) is 19.8 Å². The van der Waals surface area contributed by atoms with Crippen molar-refractivity contribution in [2.45, 2.75) is 31.8 Å². The van der Waals surface area contributed by atoms with Crippen molar-refractivity contribution in [2.24, 2.45) is 0 Å². The molecule has 17 aromatic carbocycles. The van der Waals surface area contributed by atoms with Crippen LogP contribution in [0, 0.1) is 7.14 Å². The van der Waals surface area contributed by atoms with Crippen LogP contribution < -0.4 is 56.8 Å². The average Bonchev–Trinajstić information content (AvgIpc) is 0.736. The third kappa shape index (κ3) is 18.2. The molecule has 0 amide bonds. The molecule has 0 saturated carbocycles. The molecule has 17 aromatic rings. The predicted octanol–water partition coefficient (Wildman–Crippen LogP) is 28.2. The highest BCUT2D eigenvalue weighted by Crippen LogP contribution is 2.59. The third-order valence-electron chi connectivity index (χ3n) is 23.4. The van der Waals surface area contributed by atoms with Crippen LogP contribution in [0.25, 0.3) is 81.8 Å². The van der Waals surface area contributed by atoms with E-state index in [4.69, 9.17) is 66.3 Å². The van der Waals surface area contributed by atoms with E-state index in [1.165, 1.54) is 5.56 Å². The van der Waals surface area contributed by atoms with Crippen LogP contribution in [0.3, 0.4) is 0 Å². The second kappa shape index (κ2) is 40.7. The van der Waals surface area contributed by atoms with Gasteiger partial charge in [-0.05, 0) is 266 Å². The number of halogens is 2. The number of rotatable bonds is 19. The van der Waals surface area contributed by atoms with Crippen molar-refractivity contribution in [3.63, 3.8) is 0 Å². The molecule has 3 aliphatic heterocycles. The Morgan fingerprint density at radius 1 is 0.305 bits per heavy atom. The molecule has 3 aliphatic rings. The van der Waals surface area contributed by atoms with Crippen molar-refractivity contribution in [1.29, 1.82) is 0 Å². The van der Waals surface area contributed by atoms with Crippen LogP contribution in [-0.4, -0.2) is 98.5 Å². The third-order valence-corrected chi connectivity index (χ3v) is 24.8. The molecule has 3 unspecified atom stereocenters. The van der Waals surface area contributed by atoms with Gasteiger partial charge in [-0.25, -0.2) is 0 Å². The SMILES string of the molecule is C.C=Cc1ccc(COCCOC)cc1.COC.COc1ccc2ccc(OC)c(C3c4cc(I)cc(I)c4Oc4ccc5ccc(OC)cc5c43)c2c1.COc1ccc2ccc(OC)c(C3c4ccc(-c5ccccc5)cc4Oc4ccc5ccc(OC)cc5c43)c2c1.COc1ccc2ccc(OC)c(C3c4ccccc4Oc4ccc5ccc(OC)cc5c43)c2c1. The van der Waals surface area contributed by atoms with Crippen LogP contribution in [0.1, 0.15) is 86.4 Å². The molecule has 0 saturated heterocycles. The number of hydrogen-bond acceptors (Lipinski definition) is 15. The number of para-hydroxylation sites is 1. The lowest BCUT2D eigenvalue weighted by Crippen LogP contribution is -2.15. The predicted molar refractivity (Wildman–Crippen MR) is 534 cm³/mol. The molecule has 3 atom stereocenters. The summed E-state index contributed by atoms with van der Waals surface area (Å²) in [5, 5.41) is 13.3. The zero-order valence-electron chi connectivity index (χ0n) is 72.7. The molecular weight excluding hydrogens is 1830 g/mol. The van der Waals surface area contributed by atoms with Gasteiger partial charge in [-0.15, -0.1) is 0 Å². The second-order valence-corrected chi connectivity index (χ2v) is 32.9. The van der Waals surface area contributed by atoms with Gasteiger partial charge in [0.1, 0.15) is 86.2 Å². The minimum absolute atomic E-state index is 0. The van der Waals surface area contributed by atoms with E-state index in [1.807, 2.05) is 91.0 Å². The normalized spacial score (nSPS) is 13.3. The van der Waals surface area contributed by atoms with Crippen LogP contribution in [0.5, 0.6) is 86.2 Å². The van der Waals surface area contributed by atoms with Crippen LogP contribution >= 0.6 is 45.2 Å². The molecule has 0 spiro atoms. The lowest BCUT2D eigenvalue weighted by molar-refractivity contribution is 0.0616. The minimum atomic E-state index is -0.162. The fraction of sp³-hybridized carbons (Fsp3) is 0.171. The number of fused-ring (bicyclic) bond motifs is 15. The summed E-state index contributed by atoms with van der Waals surface area (Å²) >= 11 is 4.76. The van der Waals surface area contributed by atoms with Crippen molar-refractivity contribution in [1.82, 2.24) is 0 Å². The summed E-state index contributed by atoms with van der Waals surface area (Å²) in [7, 11) is 20.3. The molecule has 20 rings (SSSR count). The highest BCUT2D eigenvalue weighted by atomic mass is 127. The van der Waals surface area contributed by atoms with Gasteiger partial charge in [-0.1, -0.05) is 178 Å². The summed E-state index contributed by atoms with van der Waals surface area (Å²) in [5.74, 6) is 12.0. The molecule has 0 aromatic heterocycles. The van der Waals surface area contributed by atoms with E-state index in [9.17, 15) is 0 Å². The lowest BCUT2D eigenvalue weighted by Gasteiger charge is -2.32. The Bertz CT molecular complexity index is 6900. The minimum Gasteiger partial charge on any atom is -0.497 e. The Kier molecular flexibility index (Phi) is 28.6. The first-order valence-corrected chi connectivity index (χ1v) is 43.6. The Balaban J connectivity index is 0.000000135. The fourth-order valence-electron chi connectivity index (χ4n) is 17.3. The zero-order valence-corrected chi connectivity index (χ0v) is 77.0. The monoisotopic (exact) mass is 1930 g/mol. The van der Waals surface area contributed by atoms with E-state index in [2.05, 4.69) is 263 Å². The highest BCUT2D eigenvalue weighted by molar-refractivity contribution is 14.1. The molecule has 0 bridgehead atoms. The van der Waals surface area contributed by atoms with Gasteiger partial charge in [0, 0.05) is 92.7 Å². The van der Waals surface area contributed by atoms with Crippen LogP contribution in [0.4, 0.5) is 0 Å². The van der Waals surface area contributed by atoms with Crippen molar-refractivity contribution in [3.05, 3.63) is 366 Å². The first kappa shape index (κ1) is 89.8. The summed E-state index contributed by atoms with van der Waals surface area (Å²) in [5.41, 5.74) is 14.4. The van der Waals surface area contributed by atoms with E-state index < -0.39 is 0 Å². The lowest BCUT2D eigenvalue weighted by atomic mass is 9.78. The van der Waals surface area contributed by atoms with Crippen molar-refractivity contribution in [2.75, 3.05) is 98.5 Å². The molecule has 17 heteroatoms. The smallest absolute Gasteiger partial charge is 0.144 e. The van der Waals surface area contributed by atoms with Gasteiger partial charge in [-0.3, -0.25) is 0 Å². The van der Waals surface area contributed by atoms with E-state index in [-0.39, 0.29) is 25.2 Å². The molecular formula is C111H100I2O15. The molecule has 648 valence electrons. The van der Waals surface area contributed by atoms with Gasteiger partial charge >= 0.3 is 0 Å². The molecule has 0 N–H and O–H groups in total. The number of methoxy groups -OCH3 is 11. The summed E-state index contributed by atoms with van der Waals surface area (Å²) in [6, 6.07) is 99.8. The Labute approximate surface area is 774 Å². The topological polar surface area (TPSA) is 138 Å². The summed E-state index contributed by atoms with van der Waals surface area (Å²) < 4.78 is 88.3. The highest BCUT2D eigenvalue weighted by Gasteiger charge is 2.39. The summed E-state index contributed by atoms with van der Waals surface area (Å²) in [6.45, 7) is 5.62. The van der Waals surface area contributed by atoms with Crippen LogP contribution in [-0.2, 0) is 20.8 Å². The fourth-order valence-corrected chi connectivity index (χ4v) is 19.3. The van der Waals surface area contributed by atoms with E-state index in [1.54, 1.807) is 85.3 Å². The number of ether oxygens (including phenoxy) is 15. The van der Waals surface area contributed by atoms with Gasteiger partial charge in [-0.2, -0.15) is 0 Å². The number of benzene rings is 17. The molecule has 128 heavy (non-hydrogen) atoms. The van der Waals surface area contributed by atoms with Crippen LogP contribution in [0.2, 0.25) is 0 Å². The Morgan fingerprint density at radius 3 is 1.06 bits per heavy atom. The molecule has 15 nitrogen and oxygen atoms in total. The Morgan fingerprint density at radius 2 is 0.664 bits per heavy atom. The first-order valence-electron chi connectivity index (χ1n) is 41.4. The maximum absolute atomic E-state index is 6.70. The molecule has 3 heterocycles. The van der Waals surface area contributed by atoms with Crippen LogP contribution in [0.15, 0.2) is 298 Å².